The molecule has 3 amide bonds. The number of rotatable bonds is 3. The average molecular weight is 432 g/mol. The predicted molar refractivity (Wildman–Crippen MR) is 114 cm³/mol. The van der Waals surface area contributed by atoms with Crippen LogP contribution in [0.3, 0.4) is 0 Å². The first-order chi connectivity index (χ1) is 14.5. The first-order valence-corrected chi connectivity index (χ1v) is 11.1. The Morgan fingerprint density at radius 2 is 1.74 bits per heavy atom. The lowest BCUT2D eigenvalue weighted by Crippen LogP contribution is -2.59. The second-order valence-electron chi connectivity index (χ2n) is 10.0. The molecular weight excluding hydrogens is 398 g/mol. The Balaban J connectivity index is 1.92. The van der Waals surface area contributed by atoms with Crippen molar-refractivity contribution in [3.63, 3.8) is 0 Å². The second kappa shape index (κ2) is 7.17. The highest BCUT2D eigenvalue weighted by atomic mass is 16.5. The van der Waals surface area contributed by atoms with E-state index in [-0.39, 0.29) is 30.9 Å². The third kappa shape index (κ3) is 2.91. The first kappa shape index (κ1) is 22.0. The summed E-state index contributed by atoms with van der Waals surface area (Å²) in [6.07, 6.45) is 8.06. The van der Waals surface area contributed by atoms with Crippen LogP contribution in [0, 0.1) is 11.8 Å². The molecule has 5 atom stereocenters. The summed E-state index contributed by atoms with van der Waals surface area (Å²) in [5.74, 6) is -2.20. The van der Waals surface area contributed by atoms with Crippen LogP contribution in [0.1, 0.15) is 34.1 Å². The molecule has 1 spiro atoms. The van der Waals surface area contributed by atoms with Gasteiger partial charge in [0, 0.05) is 32.2 Å². The van der Waals surface area contributed by atoms with Crippen LogP contribution in [0.5, 0.6) is 0 Å². The highest BCUT2D eigenvalue weighted by Gasteiger charge is 2.75. The van der Waals surface area contributed by atoms with Crippen LogP contribution in [-0.2, 0) is 19.1 Å². The quantitative estimate of drug-likeness (QED) is 0.660. The van der Waals surface area contributed by atoms with Crippen molar-refractivity contribution in [2.75, 3.05) is 33.3 Å². The third-order valence-electron chi connectivity index (χ3n) is 7.29. The van der Waals surface area contributed by atoms with E-state index in [0.717, 1.165) is 0 Å². The minimum atomic E-state index is -1.25. The predicted octanol–water partition coefficient (Wildman–Crippen LogP) is 0.565. The van der Waals surface area contributed by atoms with E-state index in [1.165, 1.54) is 4.90 Å². The van der Waals surface area contributed by atoms with Gasteiger partial charge in [-0.25, -0.2) is 0 Å². The Hall–Kier alpha value is -2.19. The fourth-order valence-corrected chi connectivity index (χ4v) is 5.83. The number of aliphatic hydroxyl groups is 1. The van der Waals surface area contributed by atoms with Crippen molar-refractivity contribution in [2.45, 2.75) is 56.9 Å². The van der Waals surface area contributed by atoms with Gasteiger partial charge in [-0.1, -0.05) is 31.2 Å². The Kier molecular flexibility index (Phi) is 5.09. The number of nitrogens with zero attached hydrogens (tertiary/aromatic N) is 3. The smallest absolute Gasteiger partial charge is 0.249 e. The Morgan fingerprint density at radius 1 is 1.06 bits per heavy atom. The van der Waals surface area contributed by atoms with E-state index < -0.39 is 34.6 Å². The molecule has 0 bridgehead atoms. The van der Waals surface area contributed by atoms with Gasteiger partial charge < -0.3 is 24.5 Å². The van der Waals surface area contributed by atoms with Gasteiger partial charge in [0.05, 0.1) is 24.0 Å². The van der Waals surface area contributed by atoms with E-state index in [9.17, 15) is 19.5 Å². The standard InChI is InChI=1S/C23H33N3O5/c1-6-22-9-7-11-24(5)18(28)15(22)16-19(29)25(13-14-27)17-20(30)26(21(2,3)4)12-8-10-23(16,17)31-22/h7-10,15-17,27H,6,11-14H2,1-5H3/t15-,16+,17?,22+,23+/m1/s1. The van der Waals surface area contributed by atoms with E-state index in [1.807, 2.05) is 52.0 Å². The van der Waals surface area contributed by atoms with Crippen LogP contribution in [0.4, 0.5) is 0 Å². The monoisotopic (exact) mass is 431 g/mol. The zero-order valence-electron chi connectivity index (χ0n) is 19.0. The van der Waals surface area contributed by atoms with E-state index in [0.29, 0.717) is 19.5 Å². The molecule has 0 aromatic rings. The minimum Gasteiger partial charge on any atom is -0.395 e. The summed E-state index contributed by atoms with van der Waals surface area (Å²) in [6, 6.07) is -0.919. The van der Waals surface area contributed by atoms with Gasteiger partial charge in [0.1, 0.15) is 11.6 Å². The molecular formula is C23H33N3O5. The van der Waals surface area contributed by atoms with Crippen molar-refractivity contribution in [3.05, 3.63) is 24.3 Å². The molecule has 8 nitrogen and oxygen atoms in total. The van der Waals surface area contributed by atoms with Crippen LogP contribution in [-0.4, -0.2) is 93.6 Å². The number of carbonyl (C=O) groups is 3. The maximum atomic E-state index is 13.9. The zero-order valence-corrected chi connectivity index (χ0v) is 19.0. The molecule has 0 aromatic heterocycles. The number of aliphatic hydroxyl groups excluding tert-OH is 1. The molecule has 1 N–H and O–H groups in total. The summed E-state index contributed by atoms with van der Waals surface area (Å²) in [4.78, 5) is 45.9. The number of ether oxygens (including phenoxy) is 1. The van der Waals surface area contributed by atoms with Crippen molar-refractivity contribution < 1.29 is 24.2 Å². The SMILES string of the molecule is CC[C@]12C=CCN(C)C(=O)[C@H]1[C@H]1C(=O)N(CCO)C3C(=O)N(C(C)(C)C)CC=C[C@@]31O2. The van der Waals surface area contributed by atoms with Crippen molar-refractivity contribution in [1.82, 2.24) is 14.7 Å². The third-order valence-corrected chi connectivity index (χ3v) is 7.29. The van der Waals surface area contributed by atoms with Crippen LogP contribution >= 0.6 is 0 Å². The van der Waals surface area contributed by atoms with E-state index in [4.69, 9.17) is 4.74 Å². The van der Waals surface area contributed by atoms with Gasteiger partial charge in [0.25, 0.3) is 0 Å². The number of likely N-dealkylation sites (tertiary alicyclic amines) is 1. The molecule has 0 aromatic carbocycles. The zero-order chi connectivity index (χ0) is 22.8. The fraction of sp³-hybridized carbons (Fsp3) is 0.696. The molecule has 2 fully saturated rings. The Labute approximate surface area is 183 Å². The van der Waals surface area contributed by atoms with Gasteiger partial charge in [-0.05, 0) is 27.2 Å². The average Bonchev–Trinajstić information content (AvgIpc) is 2.98. The van der Waals surface area contributed by atoms with Crippen LogP contribution in [0.15, 0.2) is 24.3 Å². The highest BCUT2D eigenvalue weighted by Crippen LogP contribution is 2.58. The summed E-state index contributed by atoms with van der Waals surface area (Å²) < 4.78 is 6.76. The van der Waals surface area contributed by atoms with Crippen molar-refractivity contribution in [3.8, 4) is 0 Å². The maximum Gasteiger partial charge on any atom is 0.249 e. The summed E-state index contributed by atoms with van der Waals surface area (Å²) in [5.41, 5.74) is -2.66. The molecule has 0 aliphatic carbocycles. The topological polar surface area (TPSA) is 90.4 Å². The van der Waals surface area contributed by atoms with Crippen molar-refractivity contribution >= 4 is 17.7 Å². The number of likely N-dealkylation sites (N-methyl/N-ethyl adjacent to an activating group) is 1. The lowest BCUT2D eigenvalue weighted by Gasteiger charge is -2.41. The van der Waals surface area contributed by atoms with Gasteiger partial charge >= 0.3 is 0 Å². The number of amides is 3. The lowest BCUT2D eigenvalue weighted by atomic mass is 9.73. The van der Waals surface area contributed by atoms with Crippen LogP contribution in [0.2, 0.25) is 0 Å². The molecule has 4 aliphatic rings. The molecule has 1 unspecified atom stereocenters. The molecule has 31 heavy (non-hydrogen) atoms. The van der Waals surface area contributed by atoms with Gasteiger partial charge in [0.15, 0.2) is 0 Å². The Bertz CT molecular complexity index is 862. The van der Waals surface area contributed by atoms with Crippen molar-refractivity contribution in [2.24, 2.45) is 11.8 Å². The van der Waals surface area contributed by atoms with E-state index in [2.05, 4.69) is 0 Å². The van der Waals surface area contributed by atoms with E-state index in [1.54, 1.807) is 16.8 Å². The number of hydrogen-bond donors (Lipinski definition) is 1. The number of fused-ring (bicyclic) bond motifs is 2. The van der Waals surface area contributed by atoms with Gasteiger partial charge in [-0.15, -0.1) is 0 Å². The molecule has 4 rings (SSSR count). The van der Waals surface area contributed by atoms with Crippen LogP contribution < -0.4 is 0 Å². The molecule has 170 valence electrons. The number of β-amino-alcohol motifs (C(OH)–C–C–N with tert-alkyl or cyclic N) is 1. The molecule has 4 heterocycles. The minimum absolute atomic E-state index is 0.0222. The normalized spacial score (nSPS) is 37.7. The summed E-state index contributed by atoms with van der Waals surface area (Å²) in [7, 11) is 1.72. The van der Waals surface area contributed by atoms with Crippen LogP contribution in [0.25, 0.3) is 0 Å². The largest absolute Gasteiger partial charge is 0.395 e. The van der Waals surface area contributed by atoms with Gasteiger partial charge in [0.2, 0.25) is 17.7 Å². The van der Waals surface area contributed by atoms with Gasteiger partial charge in [-0.2, -0.15) is 0 Å². The van der Waals surface area contributed by atoms with Crippen molar-refractivity contribution in [1.29, 1.82) is 0 Å². The highest BCUT2D eigenvalue weighted by molar-refractivity contribution is 6.00. The summed E-state index contributed by atoms with van der Waals surface area (Å²) in [6.45, 7) is 8.41. The molecule has 4 aliphatic heterocycles. The molecule has 0 radical (unpaired) electrons. The second-order valence-corrected chi connectivity index (χ2v) is 10.0. The molecule has 8 heteroatoms. The molecule has 2 saturated heterocycles. The fourth-order valence-electron chi connectivity index (χ4n) is 5.83. The first-order valence-electron chi connectivity index (χ1n) is 11.1. The summed E-state index contributed by atoms with van der Waals surface area (Å²) in [5, 5.41) is 9.68. The summed E-state index contributed by atoms with van der Waals surface area (Å²) >= 11 is 0. The lowest BCUT2D eigenvalue weighted by molar-refractivity contribution is -0.156. The molecule has 0 saturated carbocycles. The number of carbonyl (C=O) groups excluding carboxylic acids is 3. The van der Waals surface area contributed by atoms with Gasteiger partial charge in [-0.3, -0.25) is 14.4 Å². The van der Waals surface area contributed by atoms with E-state index >= 15 is 0 Å². The Morgan fingerprint density at radius 3 is 2.35 bits per heavy atom. The maximum absolute atomic E-state index is 13.9. The number of hydrogen-bond acceptors (Lipinski definition) is 5.